The third-order valence-corrected chi connectivity index (χ3v) is 4.97. The van der Waals surface area contributed by atoms with Gasteiger partial charge in [0.2, 0.25) is 0 Å². The lowest BCUT2D eigenvalue weighted by molar-refractivity contribution is -0.144. The summed E-state index contributed by atoms with van der Waals surface area (Å²) >= 11 is 1.54. The summed E-state index contributed by atoms with van der Waals surface area (Å²) in [7, 11) is 0. The molecule has 3 atom stereocenters. The average molecular weight is 395 g/mol. The maximum atomic E-state index is 12.1. The van der Waals surface area contributed by atoms with Crippen LogP contribution in [0.1, 0.15) is 12.8 Å². The van der Waals surface area contributed by atoms with Crippen molar-refractivity contribution < 1.29 is 19.7 Å². The van der Waals surface area contributed by atoms with Gasteiger partial charge in [0.25, 0.3) is 0 Å². The number of aliphatic hydroxyl groups excluding tert-OH is 2. The number of aliphatic hydroxyl groups is 2. The molecule has 0 saturated carbocycles. The van der Waals surface area contributed by atoms with Crippen molar-refractivity contribution in [3.63, 3.8) is 0 Å². The molecule has 0 radical (unpaired) electrons. The number of carbonyl (C=O) groups excluding carboxylic acids is 1. The number of nitriles is 1. The molecule has 2 rings (SSSR count). The summed E-state index contributed by atoms with van der Waals surface area (Å²) in [5, 5.41) is 30.3. The van der Waals surface area contributed by atoms with Crippen molar-refractivity contribution in [3.05, 3.63) is 34.1 Å². The summed E-state index contributed by atoms with van der Waals surface area (Å²) < 4.78 is 6.00. The number of rotatable bonds is 7. The minimum Gasteiger partial charge on any atom is -0.509 e. The molecular formula is C16H21N5O5S. The van der Waals surface area contributed by atoms with Crippen molar-refractivity contribution in [1.82, 2.24) is 9.55 Å². The Morgan fingerprint density at radius 3 is 2.96 bits per heavy atom. The van der Waals surface area contributed by atoms with E-state index in [9.17, 15) is 25.1 Å². The first-order valence-electron chi connectivity index (χ1n) is 8.03. The van der Waals surface area contributed by atoms with Gasteiger partial charge >= 0.3 is 11.7 Å². The SMILES string of the molecule is CSCC[C@@H](N)C(=O)OCC1=C(O)C(O)[C@](C#N)(n2ccc(N)nc2=O)C1. The molecule has 0 aliphatic heterocycles. The number of hydrogen-bond acceptors (Lipinski definition) is 10. The molecule has 1 heterocycles. The minimum atomic E-state index is -1.81. The first-order chi connectivity index (χ1) is 12.8. The molecule has 0 bridgehead atoms. The normalized spacial score (nSPS) is 23.1. The summed E-state index contributed by atoms with van der Waals surface area (Å²) in [4.78, 5) is 27.6. The Balaban J connectivity index is 2.18. The van der Waals surface area contributed by atoms with E-state index in [1.807, 2.05) is 12.3 Å². The van der Waals surface area contributed by atoms with Gasteiger partial charge in [-0.05, 0) is 24.5 Å². The smallest absolute Gasteiger partial charge is 0.350 e. The highest BCUT2D eigenvalue weighted by Crippen LogP contribution is 2.39. The number of hydrogen-bond donors (Lipinski definition) is 4. The fourth-order valence-electron chi connectivity index (χ4n) is 2.78. The van der Waals surface area contributed by atoms with Gasteiger partial charge in [-0.2, -0.15) is 22.0 Å². The Morgan fingerprint density at radius 1 is 1.67 bits per heavy atom. The van der Waals surface area contributed by atoms with Crippen molar-refractivity contribution >= 4 is 23.5 Å². The monoisotopic (exact) mass is 395 g/mol. The molecule has 0 saturated heterocycles. The van der Waals surface area contributed by atoms with Crippen molar-refractivity contribution in [2.45, 2.75) is 30.5 Å². The van der Waals surface area contributed by atoms with Gasteiger partial charge in [0.05, 0.1) is 6.07 Å². The first kappa shape index (κ1) is 20.8. The third kappa shape index (κ3) is 4.08. The molecule has 0 amide bonds. The van der Waals surface area contributed by atoms with Crippen molar-refractivity contribution in [2.75, 3.05) is 24.3 Å². The molecule has 0 aromatic carbocycles. The Kier molecular flexibility index (Phi) is 6.48. The van der Waals surface area contributed by atoms with Gasteiger partial charge < -0.3 is 26.4 Å². The zero-order valence-corrected chi connectivity index (χ0v) is 15.5. The van der Waals surface area contributed by atoms with Gasteiger partial charge in [-0.1, -0.05) is 0 Å². The Hall–Kier alpha value is -2.55. The van der Waals surface area contributed by atoms with Gasteiger partial charge in [-0.3, -0.25) is 9.36 Å². The van der Waals surface area contributed by atoms with Crippen LogP contribution in [0.2, 0.25) is 0 Å². The summed E-state index contributed by atoms with van der Waals surface area (Å²) in [6.07, 6.45) is 1.62. The van der Waals surface area contributed by atoms with Crippen LogP contribution in [0.4, 0.5) is 5.82 Å². The van der Waals surface area contributed by atoms with E-state index in [2.05, 4.69) is 4.98 Å². The molecule has 1 unspecified atom stereocenters. The minimum absolute atomic E-state index is 0.0395. The summed E-state index contributed by atoms with van der Waals surface area (Å²) in [5.74, 6) is -0.527. The maximum Gasteiger partial charge on any atom is 0.350 e. The maximum absolute atomic E-state index is 12.1. The number of thioether (sulfide) groups is 1. The van der Waals surface area contributed by atoms with E-state index < -0.39 is 35.1 Å². The van der Waals surface area contributed by atoms with Gasteiger partial charge in [0, 0.05) is 18.2 Å². The molecule has 1 aliphatic carbocycles. The average Bonchev–Trinajstić information content (AvgIpc) is 2.89. The van der Waals surface area contributed by atoms with Crippen LogP contribution < -0.4 is 17.2 Å². The quantitative estimate of drug-likeness (QED) is 0.429. The van der Waals surface area contributed by atoms with E-state index in [1.165, 1.54) is 12.3 Å². The lowest BCUT2D eigenvalue weighted by Crippen LogP contribution is -2.47. The van der Waals surface area contributed by atoms with Crippen molar-refractivity contribution in [2.24, 2.45) is 5.73 Å². The van der Waals surface area contributed by atoms with Gasteiger partial charge in [0.1, 0.15) is 30.3 Å². The summed E-state index contributed by atoms with van der Waals surface area (Å²) in [6.45, 7) is -0.352. The Labute approximate surface area is 159 Å². The van der Waals surface area contributed by atoms with Crippen LogP contribution in [0, 0.1) is 11.3 Å². The summed E-state index contributed by atoms with van der Waals surface area (Å²) in [5.41, 5.74) is 8.63. The number of ether oxygens (including phenoxy) is 1. The van der Waals surface area contributed by atoms with E-state index in [4.69, 9.17) is 16.2 Å². The fraction of sp³-hybridized carbons (Fsp3) is 0.500. The largest absolute Gasteiger partial charge is 0.509 e. The molecule has 0 spiro atoms. The topological polar surface area (TPSA) is 177 Å². The van der Waals surface area contributed by atoms with Crippen molar-refractivity contribution in [3.8, 4) is 6.07 Å². The summed E-state index contributed by atoms with van der Waals surface area (Å²) in [6, 6.07) is 2.35. The third-order valence-electron chi connectivity index (χ3n) is 4.33. The molecule has 27 heavy (non-hydrogen) atoms. The second kappa shape index (κ2) is 8.43. The molecule has 1 aromatic heterocycles. The van der Waals surface area contributed by atoms with Crippen LogP contribution in [-0.2, 0) is 15.1 Å². The zero-order chi connectivity index (χ0) is 20.2. The second-order valence-corrected chi connectivity index (χ2v) is 7.09. The van der Waals surface area contributed by atoms with Crippen LogP contribution in [0.3, 0.4) is 0 Å². The van der Waals surface area contributed by atoms with Gasteiger partial charge in [-0.25, -0.2) is 4.79 Å². The standard InChI is InChI=1S/C16H21N5O5S/c1-27-5-3-10(18)14(24)26-7-9-6-16(8-17,13(23)12(9)22)21-4-2-11(19)20-15(21)25/h2,4,10,13,22-23H,3,5-7,18H2,1H3,(H2,19,20,25)/t10-,13?,16+/m1/s1. The predicted octanol–water partition coefficient (Wildman–Crippen LogP) is -0.755. The lowest BCUT2D eigenvalue weighted by atomic mass is 9.94. The molecule has 1 aromatic rings. The highest BCUT2D eigenvalue weighted by Gasteiger charge is 2.50. The second-order valence-electron chi connectivity index (χ2n) is 6.10. The number of nitrogens with zero attached hydrogens (tertiary/aromatic N) is 3. The predicted molar refractivity (Wildman–Crippen MR) is 98.7 cm³/mol. The van der Waals surface area contributed by atoms with E-state index in [-0.39, 0.29) is 24.4 Å². The van der Waals surface area contributed by atoms with E-state index in [1.54, 1.807) is 11.8 Å². The number of nitrogen functional groups attached to an aromatic ring is 1. The number of esters is 1. The van der Waals surface area contributed by atoms with Crippen LogP contribution in [0.15, 0.2) is 28.4 Å². The molecule has 1 aliphatic rings. The van der Waals surface area contributed by atoms with E-state index in [0.29, 0.717) is 12.2 Å². The fourth-order valence-corrected chi connectivity index (χ4v) is 3.27. The molecule has 6 N–H and O–H groups in total. The van der Waals surface area contributed by atoms with Crippen LogP contribution in [0.25, 0.3) is 0 Å². The van der Waals surface area contributed by atoms with Crippen LogP contribution in [-0.4, -0.2) is 56.5 Å². The molecule has 146 valence electrons. The number of nitrogens with two attached hydrogens (primary N) is 2. The molecular weight excluding hydrogens is 374 g/mol. The molecule has 11 heteroatoms. The van der Waals surface area contributed by atoms with E-state index in [0.717, 1.165) is 4.57 Å². The first-order valence-corrected chi connectivity index (χ1v) is 9.43. The lowest BCUT2D eigenvalue weighted by Gasteiger charge is -2.27. The van der Waals surface area contributed by atoms with Gasteiger partial charge in [0.15, 0.2) is 5.54 Å². The number of aromatic nitrogens is 2. The Bertz CT molecular complexity index is 848. The van der Waals surface area contributed by atoms with E-state index >= 15 is 0 Å². The van der Waals surface area contributed by atoms with Crippen LogP contribution >= 0.6 is 11.8 Å². The number of anilines is 1. The number of carbonyl (C=O) groups is 1. The molecule has 0 fully saturated rings. The van der Waals surface area contributed by atoms with Crippen molar-refractivity contribution in [1.29, 1.82) is 5.26 Å². The zero-order valence-electron chi connectivity index (χ0n) is 14.7. The Morgan fingerprint density at radius 2 is 2.37 bits per heavy atom. The highest BCUT2D eigenvalue weighted by molar-refractivity contribution is 7.98. The van der Waals surface area contributed by atoms with Crippen LogP contribution in [0.5, 0.6) is 0 Å². The van der Waals surface area contributed by atoms with Gasteiger partial charge in [-0.15, -0.1) is 0 Å². The molecule has 10 nitrogen and oxygen atoms in total. The highest BCUT2D eigenvalue weighted by atomic mass is 32.2.